The van der Waals surface area contributed by atoms with Crippen molar-refractivity contribution in [1.29, 1.82) is 0 Å². The van der Waals surface area contributed by atoms with Gasteiger partial charge in [0.15, 0.2) is 0 Å². The van der Waals surface area contributed by atoms with Crippen molar-refractivity contribution in [2.45, 2.75) is 51.7 Å². The van der Waals surface area contributed by atoms with Crippen LogP contribution >= 0.6 is 0 Å². The van der Waals surface area contributed by atoms with Crippen LogP contribution in [-0.2, 0) is 9.53 Å². The van der Waals surface area contributed by atoms with Crippen molar-refractivity contribution in [3.8, 4) is 0 Å². The highest BCUT2D eigenvalue weighted by atomic mass is 16.5. The summed E-state index contributed by atoms with van der Waals surface area (Å²) in [5, 5.41) is 18.2. The molecular weight excluding hydrogens is 196 g/mol. The summed E-state index contributed by atoms with van der Waals surface area (Å²) < 4.78 is 5.57. The second-order valence-electron chi connectivity index (χ2n) is 4.93. The van der Waals surface area contributed by atoms with Crippen molar-refractivity contribution >= 4 is 5.97 Å². The summed E-state index contributed by atoms with van der Waals surface area (Å²) in [6, 6.07) is 0. The number of aliphatic hydroxyl groups excluding tert-OH is 1. The summed E-state index contributed by atoms with van der Waals surface area (Å²) in [5.74, 6) is -0.835. The molecule has 4 heteroatoms. The molecular formula is C11H20O4. The predicted molar refractivity (Wildman–Crippen MR) is 55.6 cm³/mol. The fraction of sp³-hybridized carbons (Fsp3) is 0.909. The molecule has 0 unspecified atom stereocenters. The zero-order valence-electron chi connectivity index (χ0n) is 9.40. The summed E-state index contributed by atoms with van der Waals surface area (Å²) in [7, 11) is 0. The largest absolute Gasteiger partial charge is 0.481 e. The Hall–Kier alpha value is -0.610. The van der Waals surface area contributed by atoms with Gasteiger partial charge in [0.05, 0.1) is 24.2 Å². The number of aliphatic carboxylic acids is 1. The molecule has 0 aliphatic heterocycles. The maximum atomic E-state index is 10.8. The molecule has 0 aromatic carbocycles. The standard InChI is InChI=1S/C11H20O4/c1-11(2,10(13)14)7-15-9-5-3-8(12)4-6-9/h8-9,12H,3-7H2,1-2H3,(H,13,14). The molecule has 2 N–H and O–H groups in total. The smallest absolute Gasteiger partial charge is 0.311 e. The molecule has 88 valence electrons. The second-order valence-corrected chi connectivity index (χ2v) is 4.93. The van der Waals surface area contributed by atoms with Gasteiger partial charge in [-0.25, -0.2) is 0 Å². The second kappa shape index (κ2) is 4.94. The number of hydrogen-bond acceptors (Lipinski definition) is 3. The van der Waals surface area contributed by atoms with Gasteiger partial charge in [0.2, 0.25) is 0 Å². The van der Waals surface area contributed by atoms with Gasteiger partial charge in [-0.05, 0) is 39.5 Å². The zero-order valence-corrected chi connectivity index (χ0v) is 9.40. The van der Waals surface area contributed by atoms with E-state index >= 15 is 0 Å². The highest BCUT2D eigenvalue weighted by molar-refractivity contribution is 5.73. The Morgan fingerprint density at radius 1 is 1.33 bits per heavy atom. The lowest BCUT2D eigenvalue weighted by Crippen LogP contribution is -2.33. The Morgan fingerprint density at radius 2 is 1.87 bits per heavy atom. The average Bonchev–Trinajstić information content (AvgIpc) is 2.17. The number of carboxylic acids is 1. The van der Waals surface area contributed by atoms with Crippen LogP contribution < -0.4 is 0 Å². The van der Waals surface area contributed by atoms with Crippen molar-refractivity contribution < 1.29 is 19.7 Å². The Kier molecular flexibility index (Phi) is 4.11. The maximum Gasteiger partial charge on any atom is 0.311 e. The van der Waals surface area contributed by atoms with Gasteiger partial charge < -0.3 is 14.9 Å². The van der Waals surface area contributed by atoms with Gasteiger partial charge in [-0.15, -0.1) is 0 Å². The first kappa shape index (κ1) is 12.5. The molecule has 4 nitrogen and oxygen atoms in total. The van der Waals surface area contributed by atoms with Crippen LogP contribution in [0.5, 0.6) is 0 Å². The Morgan fingerprint density at radius 3 is 2.33 bits per heavy atom. The van der Waals surface area contributed by atoms with E-state index in [2.05, 4.69) is 0 Å². The van der Waals surface area contributed by atoms with Crippen LogP contribution in [0.2, 0.25) is 0 Å². The predicted octanol–water partition coefficient (Wildman–Crippen LogP) is 1.42. The lowest BCUT2D eigenvalue weighted by atomic mass is 9.93. The Balaban J connectivity index is 2.28. The number of carbonyl (C=O) groups is 1. The average molecular weight is 216 g/mol. The molecule has 0 amide bonds. The molecule has 0 saturated heterocycles. The van der Waals surface area contributed by atoms with Crippen LogP contribution in [-0.4, -0.2) is 35.0 Å². The lowest BCUT2D eigenvalue weighted by Gasteiger charge is -2.28. The number of carboxylic acid groups (broad SMARTS) is 1. The molecule has 1 fully saturated rings. The topological polar surface area (TPSA) is 66.8 Å². The van der Waals surface area contributed by atoms with Gasteiger partial charge in [-0.1, -0.05) is 0 Å². The van der Waals surface area contributed by atoms with Crippen molar-refractivity contribution in [2.24, 2.45) is 5.41 Å². The normalized spacial score (nSPS) is 27.7. The van der Waals surface area contributed by atoms with Crippen LogP contribution in [0.3, 0.4) is 0 Å². The molecule has 0 bridgehead atoms. The summed E-state index contributed by atoms with van der Waals surface area (Å²) >= 11 is 0. The minimum absolute atomic E-state index is 0.118. The SMILES string of the molecule is CC(C)(COC1CCC(O)CC1)C(=O)O. The highest BCUT2D eigenvalue weighted by Crippen LogP contribution is 2.24. The van der Waals surface area contributed by atoms with Crippen LogP contribution in [0.15, 0.2) is 0 Å². The van der Waals surface area contributed by atoms with Crippen LogP contribution in [0.1, 0.15) is 39.5 Å². The summed E-state index contributed by atoms with van der Waals surface area (Å²) in [4.78, 5) is 10.8. The summed E-state index contributed by atoms with van der Waals surface area (Å²) in [6.07, 6.45) is 3.11. The Labute approximate surface area is 90.2 Å². The molecule has 15 heavy (non-hydrogen) atoms. The van der Waals surface area contributed by atoms with Gasteiger partial charge in [-0.3, -0.25) is 4.79 Å². The molecule has 1 saturated carbocycles. The molecule has 1 aliphatic carbocycles. The molecule has 1 aliphatic rings. The van der Waals surface area contributed by atoms with E-state index in [9.17, 15) is 9.90 Å². The van der Waals surface area contributed by atoms with E-state index in [0.717, 1.165) is 25.7 Å². The van der Waals surface area contributed by atoms with E-state index in [1.54, 1.807) is 13.8 Å². The molecule has 0 aromatic heterocycles. The number of rotatable bonds is 4. The fourth-order valence-electron chi connectivity index (χ4n) is 1.60. The summed E-state index contributed by atoms with van der Waals surface area (Å²) in [6.45, 7) is 3.56. The van der Waals surface area contributed by atoms with E-state index in [1.165, 1.54) is 0 Å². The van der Waals surface area contributed by atoms with E-state index in [0.29, 0.717) is 0 Å². The van der Waals surface area contributed by atoms with Crippen LogP contribution in [0.4, 0.5) is 0 Å². The zero-order chi connectivity index (χ0) is 11.5. The van der Waals surface area contributed by atoms with Gasteiger partial charge in [-0.2, -0.15) is 0 Å². The first-order valence-corrected chi connectivity index (χ1v) is 5.45. The minimum Gasteiger partial charge on any atom is -0.481 e. The van der Waals surface area contributed by atoms with Gasteiger partial charge >= 0.3 is 5.97 Å². The number of hydrogen-bond donors (Lipinski definition) is 2. The third-order valence-electron chi connectivity index (χ3n) is 2.90. The van der Waals surface area contributed by atoms with Crippen molar-refractivity contribution in [2.75, 3.05) is 6.61 Å². The van der Waals surface area contributed by atoms with Gasteiger partial charge in [0.1, 0.15) is 0 Å². The molecule has 0 radical (unpaired) electrons. The maximum absolute atomic E-state index is 10.8. The van der Waals surface area contributed by atoms with E-state index in [4.69, 9.17) is 9.84 Å². The lowest BCUT2D eigenvalue weighted by molar-refractivity contribution is -0.152. The third kappa shape index (κ3) is 3.80. The quantitative estimate of drug-likeness (QED) is 0.745. The molecule has 0 spiro atoms. The monoisotopic (exact) mass is 216 g/mol. The molecule has 0 heterocycles. The number of aliphatic hydroxyl groups is 1. The Bertz CT molecular complexity index is 217. The van der Waals surface area contributed by atoms with Crippen molar-refractivity contribution in [3.05, 3.63) is 0 Å². The van der Waals surface area contributed by atoms with E-state index in [1.807, 2.05) is 0 Å². The van der Waals surface area contributed by atoms with E-state index < -0.39 is 11.4 Å². The van der Waals surface area contributed by atoms with Crippen molar-refractivity contribution in [3.63, 3.8) is 0 Å². The van der Waals surface area contributed by atoms with Gasteiger partial charge in [0.25, 0.3) is 0 Å². The minimum atomic E-state index is -0.835. The van der Waals surface area contributed by atoms with Crippen LogP contribution in [0.25, 0.3) is 0 Å². The first-order chi connectivity index (χ1) is 6.92. The highest BCUT2D eigenvalue weighted by Gasteiger charge is 2.29. The van der Waals surface area contributed by atoms with Gasteiger partial charge in [0, 0.05) is 0 Å². The molecule has 0 atom stereocenters. The number of ether oxygens (including phenoxy) is 1. The fourth-order valence-corrected chi connectivity index (χ4v) is 1.60. The first-order valence-electron chi connectivity index (χ1n) is 5.45. The molecule has 0 aromatic rings. The van der Waals surface area contributed by atoms with E-state index in [-0.39, 0.29) is 18.8 Å². The summed E-state index contributed by atoms with van der Waals surface area (Å²) in [5.41, 5.74) is -0.823. The third-order valence-corrected chi connectivity index (χ3v) is 2.90. The van der Waals surface area contributed by atoms with Crippen molar-refractivity contribution in [1.82, 2.24) is 0 Å². The van der Waals surface area contributed by atoms with Crippen LogP contribution in [0, 0.1) is 5.41 Å². The molecule has 1 rings (SSSR count).